The summed E-state index contributed by atoms with van der Waals surface area (Å²) in [4.78, 5) is 14.4. The van der Waals surface area contributed by atoms with Gasteiger partial charge in [0.2, 0.25) is 5.91 Å². The van der Waals surface area contributed by atoms with Crippen LogP contribution in [0, 0.1) is 5.92 Å². The van der Waals surface area contributed by atoms with Gasteiger partial charge in [-0.3, -0.25) is 9.69 Å². The van der Waals surface area contributed by atoms with Crippen LogP contribution < -0.4 is 0 Å². The molecule has 1 heterocycles. The van der Waals surface area contributed by atoms with Crippen LogP contribution in [0.1, 0.15) is 12.5 Å². The molecule has 0 aromatic heterocycles. The number of rotatable bonds is 5. The number of hydrogen-bond donors (Lipinski definition) is 1. The van der Waals surface area contributed by atoms with Crippen LogP contribution in [0.3, 0.4) is 0 Å². The minimum Gasteiger partial charge on any atom is -0.387 e. The van der Waals surface area contributed by atoms with Crippen LogP contribution in [0.4, 0.5) is 0 Å². The lowest BCUT2D eigenvalue weighted by atomic mass is 10.0. The second-order valence-corrected chi connectivity index (χ2v) is 8.35. The Bertz CT molecular complexity index is 579. The first-order chi connectivity index (χ1) is 10.4. The summed E-state index contributed by atoms with van der Waals surface area (Å²) in [5.41, 5.74) is 1.18. The highest BCUT2D eigenvalue weighted by atomic mass is 127. The largest absolute Gasteiger partial charge is 0.387 e. The smallest absolute Gasteiger partial charge is 0.234 e. The van der Waals surface area contributed by atoms with E-state index in [9.17, 15) is 9.90 Å². The van der Waals surface area contributed by atoms with Crippen molar-refractivity contribution in [1.82, 2.24) is 4.90 Å². The summed E-state index contributed by atoms with van der Waals surface area (Å²) in [5.74, 6) is 0.133. The Morgan fingerprint density at radius 3 is 2.77 bits per heavy atom. The van der Waals surface area contributed by atoms with Crippen molar-refractivity contribution in [3.63, 3.8) is 0 Å². The molecule has 3 nitrogen and oxygen atoms in total. The van der Waals surface area contributed by atoms with E-state index in [1.165, 1.54) is 17.3 Å². The predicted octanol–water partition coefficient (Wildman–Crippen LogP) is 3.40. The van der Waals surface area contributed by atoms with Crippen molar-refractivity contribution < 1.29 is 9.90 Å². The van der Waals surface area contributed by atoms with Crippen LogP contribution in [0.25, 0.3) is 0 Å². The van der Waals surface area contributed by atoms with E-state index in [1.54, 1.807) is 11.8 Å². The van der Waals surface area contributed by atoms with E-state index >= 15 is 0 Å². The molecule has 1 saturated heterocycles. The van der Waals surface area contributed by atoms with E-state index in [4.69, 9.17) is 12.2 Å². The highest BCUT2D eigenvalue weighted by molar-refractivity contribution is 14.1. The summed E-state index contributed by atoms with van der Waals surface area (Å²) in [6.07, 6.45) is -0.0767. The lowest BCUT2D eigenvalue weighted by molar-refractivity contribution is -0.134. The Balaban J connectivity index is 2.14. The van der Waals surface area contributed by atoms with Crippen LogP contribution in [-0.4, -0.2) is 38.1 Å². The number of carbonyl (C=O) groups excluding carboxylic acids is 1. The molecular weight excluding hydrogens is 429 g/mol. The van der Waals surface area contributed by atoms with Gasteiger partial charge in [0.15, 0.2) is 0 Å². The molecule has 3 atom stereocenters. The summed E-state index contributed by atoms with van der Waals surface area (Å²) >= 11 is 8.83. The maximum absolute atomic E-state index is 12.7. The van der Waals surface area contributed by atoms with Crippen molar-refractivity contribution in [2.75, 3.05) is 5.75 Å². The number of carbonyl (C=O) groups is 1. The zero-order valence-electron chi connectivity index (χ0n) is 12.2. The number of thioether (sulfide) groups is 1. The molecule has 0 bridgehead atoms. The number of aliphatic hydroxyl groups excluding tert-OH is 1. The highest BCUT2D eigenvalue weighted by Crippen LogP contribution is 2.30. The lowest BCUT2D eigenvalue weighted by Gasteiger charge is -2.28. The summed E-state index contributed by atoms with van der Waals surface area (Å²) in [6.45, 7) is 5.44. The molecule has 1 aliphatic heterocycles. The van der Waals surface area contributed by atoms with Gasteiger partial charge >= 0.3 is 0 Å². The van der Waals surface area contributed by atoms with E-state index in [2.05, 4.69) is 18.7 Å². The van der Waals surface area contributed by atoms with Crippen molar-refractivity contribution in [2.45, 2.75) is 25.5 Å². The summed E-state index contributed by atoms with van der Waals surface area (Å²) in [7, 11) is 0. The Kier molecular flexibility index (Phi) is 6.43. The first kappa shape index (κ1) is 17.9. The fourth-order valence-corrected chi connectivity index (χ4v) is 4.36. The molecule has 0 spiro atoms. The van der Waals surface area contributed by atoms with E-state index in [0.29, 0.717) is 7.90 Å². The SMILES string of the molecule is C=C(I)[C@@H](O)[C@H](C)C(=O)N1C(=S)SC[C@@H]1Cc1ccccc1. The molecule has 1 aromatic carbocycles. The molecule has 0 aliphatic carbocycles. The maximum atomic E-state index is 12.7. The Hall–Kier alpha value is -0.440. The fraction of sp³-hybridized carbons (Fsp3) is 0.375. The average molecular weight is 447 g/mol. The molecule has 0 unspecified atom stereocenters. The average Bonchev–Trinajstić information content (AvgIpc) is 2.86. The van der Waals surface area contributed by atoms with Gasteiger partial charge in [0.25, 0.3) is 0 Å². The van der Waals surface area contributed by atoms with E-state index in [1.807, 2.05) is 40.8 Å². The number of hydrogen-bond acceptors (Lipinski definition) is 4. The van der Waals surface area contributed by atoms with Gasteiger partial charge in [0, 0.05) is 9.33 Å². The van der Waals surface area contributed by atoms with Gasteiger partial charge in [0.1, 0.15) is 4.32 Å². The van der Waals surface area contributed by atoms with Gasteiger partial charge in [-0.2, -0.15) is 0 Å². The number of halogens is 1. The molecule has 22 heavy (non-hydrogen) atoms. The third-order valence-electron chi connectivity index (χ3n) is 3.70. The Morgan fingerprint density at radius 2 is 2.18 bits per heavy atom. The minimum absolute atomic E-state index is 0.0459. The molecule has 1 fully saturated rings. The zero-order valence-corrected chi connectivity index (χ0v) is 16.0. The lowest BCUT2D eigenvalue weighted by Crippen LogP contribution is -2.45. The first-order valence-electron chi connectivity index (χ1n) is 6.98. The van der Waals surface area contributed by atoms with Gasteiger partial charge in [-0.1, -0.05) is 67.8 Å². The Morgan fingerprint density at radius 1 is 1.55 bits per heavy atom. The second-order valence-electron chi connectivity index (χ2n) is 5.31. The van der Waals surface area contributed by atoms with Gasteiger partial charge < -0.3 is 5.11 Å². The van der Waals surface area contributed by atoms with Crippen molar-refractivity contribution >= 4 is 56.8 Å². The standard InChI is InChI=1S/C16H18INO2S2/c1-10(14(19)11(2)17)15(20)18-13(9-22-16(18)21)8-12-6-4-3-5-7-12/h3-7,10,13-14,19H,2,8-9H2,1H3/t10-,13-,14-/m0/s1. The minimum atomic E-state index is -0.848. The third kappa shape index (κ3) is 4.10. The van der Waals surface area contributed by atoms with Gasteiger partial charge in [-0.25, -0.2) is 0 Å². The molecule has 6 heteroatoms. The Labute approximate surface area is 154 Å². The molecule has 1 amide bonds. The van der Waals surface area contributed by atoms with Crippen molar-refractivity contribution in [3.05, 3.63) is 46.1 Å². The number of amides is 1. The number of thiocarbonyl (C=S) groups is 1. The van der Waals surface area contributed by atoms with E-state index in [-0.39, 0.29) is 11.9 Å². The topological polar surface area (TPSA) is 40.5 Å². The van der Waals surface area contributed by atoms with Crippen LogP contribution in [0.2, 0.25) is 0 Å². The van der Waals surface area contributed by atoms with Crippen molar-refractivity contribution in [1.29, 1.82) is 0 Å². The van der Waals surface area contributed by atoms with Crippen LogP contribution in [-0.2, 0) is 11.2 Å². The van der Waals surface area contributed by atoms with Gasteiger partial charge in [-0.15, -0.1) is 0 Å². The van der Waals surface area contributed by atoms with Crippen molar-refractivity contribution in [2.24, 2.45) is 5.92 Å². The maximum Gasteiger partial charge on any atom is 0.234 e. The monoisotopic (exact) mass is 447 g/mol. The number of nitrogens with zero attached hydrogens (tertiary/aromatic N) is 1. The third-order valence-corrected chi connectivity index (χ3v) is 5.88. The summed E-state index contributed by atoms with van der Waals surface area (Å²) in [6, 6.07) is 10.1. The molecule has 1 aliphatic rings. The second kappa shape index (κ2) is 7.90. The zero-order chi connectivity index (χ0) is 16.3. The molecule has 2 rings (SSSR count). The first-order valence-corrected chi connectivity index (χ1v) is 9.45. The number of benzene rings is 1. The molecular formula is C16H18INO2S2. The van der Waals surface area contributed by atoms with Gasteiger partial charge in [0.05, 0.1) is 18.1 Å². The summed E-state index contributed by atoms with van der Waals surface area (Å²) < 4.78 is 1.17. The molecule has 0 radical (unpaired) electrons. The predicted molar refractivity (Wildman–Crippen MR) is 104 cm³/mol. The molecule has 0 saturated carbocycles. The highest BCUT2D eigenvalue weighted by Gasteiger charge is 2.38. The van der Waals surface area contributed by atoms with Crippen LogP contribution in [0.5, 0.6) is 0 Å². The van der Waals surface area contributed by atoms with Gasteiger partial charge in [-0.05, 0) is 34.6 Å². The van der Waals surface area contributed by atoms with E-state index < -0.39 is 12.0 Å². The number of aliphatic hydroxyl groups is 1. The normalized spacial score (nSPS) is 20.8. The van der Waals surface area contributed by atoms with Crippen molar-refractivity contribution in [3.8, 4) is 0 Å². The fourth-order valence-electron chi connectivity index (χ4n) is 2.39. The molecule has 1 aromatic rings. The molecule has 118 valence electrons. The molecule has 1 N–H and O–H groups in total. The quantitative estimate of drug-likeness (QED) is 0.555. The van der Waals surface area contributed by atoms with Crippen LogP contribution in [0.15, 0.2) is 40.5 Å². The van der Waals surface area contributed by atoms with Crippen LogP contribution >= 0.6 is 46.6 Å². The summed E-state index contributed by atoms with van der Waals surface area (Å²) in [5, 5.41) is 10.1. The van der Waals surface area contributed by atoms with E-state index in [0.717, 1.165) is 12.2 Å².